The SMILES string of the molecule is C=C(C)C(=O)Oc1ccc2c(c1)C=CCC2. The molecule has 0 atom stereocenters. The summed E-state index contributed by atoms with van der Waals surface area (Å²) in [6.07, 6.45) is 6.34. The molecule has 1 aliphatic rings. The van der Waals surface area contributed by atoms with Gasteiger partial charge in [0.25, 0.3) is 0 Å². The van der Waals surface area contributed by atoms with Crippen LogP contribution >= 0.6 is 0 Å². The molecule has 0 amide bonds. The van der Waals surface area contributed by atoms with Gasteiger partial charge in [-0.25, -0.2) is 4.79 Å². The zero-order valence-corrected chi connectivity index (χ0v) is 9.32. The maximum atomic E-state index is 11.3. The topological polar surface area (TPSA) is 26.3 Å². The first-order valence-electron chi connectivity index (χ1n) is 5.34. The Morgan fingerprint density at radius 1 is 1.44 bits per heavy atom. The van der Waals surface area contributed by atoms with Crippen LogP contribution in [0.1, 0.15) is 24.5 Å². The lowest BCUT2D eigenvalue weighted by atomic mass is 9.97. The Labute approximate surface area is 95.2 Å². The van der Waals surface area contributed by atoms with Gasteiger partial charge in [0, 0.05) is 5.57 Å². The van der Waals surface area contributed by atoms with Crippen LogP contribution in [0.4, 0.5) is 0 Å². The van der Waals surface area contributed by atoms with Gasteiger partial charge < -0.3 is 4.74 Å². The van der Waals surface area contributed by atoms with Crippen LogP contribution in [0.2, 0.25) is 0 Å². The zero-order valence-electron chi connectivity index (χ0n) is 9.32. The van der Waals surface area contributed by atoms with E-state index in [4.69, 9.17) is 4.74 Å². The van der Waals surface area contributed by atoms with Gasteiger partial charge in [-0.2, -0.15) is 0 Å². The molecule has 0 aromatic heterocycles. The van der Waals surface area contributed by atoms with Crippen molar-refractivity contribution in [2.24, 2.45) is 0 Å². The van der Waals surface area contributed by atoms with Gasteiger partial charge in [-0.05, 0) is 43.0 Å². The monoisotopic (exact) mass is 214 g/mol. The van der Waals surface area contributed by atoms with Crippen molar-refractivity contribution in [1.29, 1.82) is 0 Å². The molecular formula is C14H14O2. The summed E-state index contributed by atoms with van der Waals surface area (Å²) in [5.74, 6) is 0.207. The lowest BCUT2D eigenvalue weighted by molar-refractivity contribution is -0.130. The predicted molar refractivity (Wildman–Crippen MR) is 64.2 cm³/mol. The van der Waals surface area contributed by atoms with Crippen LogP contribution in [0.3, 0.4) is 0 Å². The van der Waals surface area contributed by atoms with Crippen molar-refractivity contribution in [3.63, 3.8) is 0 Å². The molecular weight excluding hydrogens is 200 g/mol. The van der Waals surface area contributed by atoms with E-state index in [2.05, 4.69) is 18.7 Å². The quantitative estimate of drug-likeness (QED) is 0.429. The minimum Gasteiger partial charge on any atom is -0.423 e. The minimum absolute atomic E-state index is 0.375. The number of hydrogen-bond donors (Lipinski definition) is 0. The lowest BCUT2D eigenvalue weighted by Gasteiger charge is -2.11. The highest BCUT2D eigenvalue weighted by Crippen LogP contribution is 2.24. The van der Waals surface area contributed by atoms with Crippen LogP contribution in [0.5, 0.6) is 5.75 Å². The smallest absolute Gasteiger partial charge is 0.338 e. The number of benzene rings is 1. The largest absolute Gasteiger partial charge is 0.423 e. The third-order valence-corrected chi connectivity index (χ3v) is 2.55. The van der Waals surface area contributed by atoms with Gasteiger partial charge in [0.2, 0.25) is 0 Å². The Hall–Kier alpha value is -1.83. The van der Waals surface area contributed by atoms with Crippen molar-refractivity contribution in [2.75, 3.05) is 0 Å². The first-order chi connectivity index (χ1) is 7.66. The Morgan fingerprint density at radius 3 is 3.00 bits per heavy atom. The van der Waals surface area contributed by atoms with Gasteiger partial charge in [-0.15, -0.1) is 0 Å². The highest BCUT2D eigenvalue weighted by molar-refractivity contribution is 5.88. The van der Waals surface area contributed by atoms with Gasteiger partial charge in [-0.3, -0.25) is 0 Å². The highest BCUT2D eigenvalue weighted by atomic mass is 16.5. The van der Waals surface area contributed by atoms with E-state index in [9.17, 15) is 4.79 Å². The number of rotatable bonds is 2. The molecule has 0 aliphatic heterocycles. The van der Waals surface area contributed by atoms with Crippen molar-refractivity contribution < 1.29 is 9.53 Å². The van der Waals surface area contributed by atoms with Crippen LogP contribution in [0, 0.1) is 0 Å². The van der Waals surface area contributed by atoms with E-state index in [0.717, 1.165) is 18.4 Å². The van der Waals surface area contributed by atoms with E-state index in [1.54, 1.807) is 6.92 Å². The molecule has 2 rings (SSSR count). The average Bonchev–Trinajstić information content (AvgIpc) is 2.28. The maximum absolute atomic E-state index is 11.3. The van der Waals surface area contributed by atoms with Gasteiger partial charge in [0.1, 0.15) is 5.75 Å². The number of ether oxygens (including phenoxy) is 1. The second kappa shape index (κ2) is 4.35. The molecule has 1 aromatic carbocycles. The Kier molecular flexibility index (Phi) is 2.91. The number of fused-ring (bicyclic) bond motifs is 1. The summed E-state index contributed by atoms with van der Waals surface area (Å²) in [5.41, 5.74) is 2.85. The molecule has 0 spiro atoms. The lowest BCUT2D eigenvalue weighted by Crippen LogP contribution is -2.08. The fourth-order valence-corrected chi connectivity index (χ4v) is 1.66. The van der Waals surface area contributed by atoms with E-state index in [0.29, 0.717) is 11.3 Å². The normalized spacial score (nSPS) is 13.1. The first kappa shape index (κ1) is 10.7. The standard InChI is InChI=1S/C14H14O2/c1-10(2)14(15)16-13-8-7-11-5-3-4-6-12(11)9-13/h4,6-9H,1,3,5H2,2H3. The number of esters is 1. The molecule has 82 valence electrons. The van der Waals surface area contributed by atoms with Crippen molar-refractivity contribution in [3.8, 4) is 5.75 Å². The van der Waals surface area contributed by atoms with Crippen LogP contribution in [0.25, 0.3) is 6.08 Å². The van der Waals surface area contributed by atoms with Crippen LogP contribution in [-0.2, 0) is 11.2 Å². The first-order valence-corrected chi connectivity index (χ1v) is 5.34. The van der Waals surface area contributed by atoms with Crippen LogP contribution in [0.15, 0.2) is 36.4 Å². The van der Waals surface area contributed by atoms with E-state index in [1.165, 1.54) is 5.56 Å². The Balaban J connectivity index is 2.22. The zero-order chi connectivity index (χ0) is 11.5. The molecule has 2 nitrogen and oxygen atoms in total. The van der Waals surface area contributed by atoms with Gasteiger partial charge in [0.05, 0.1) is 0 Å². The van der Waals surface area contributed by atoms with Crippen LogP contribution in [-0.4, -0.2) is 5.97 Å². The Morgan fingerprint density at radius 2 is 2.25 bits per heavy atom. The number of hydrogen-bond acceptors (Lipinski definition) is 2. The van der Waals surface area contributed by atoms with Gasteiger partial charge >= 0.3 is 5.97 Å². The highest BCUT2D eigenvalue weighted by Gasteiger charge is 2.09. The number of allylic oxidation sites excluding steroid dienone is 1. The third kappa shape index (κ3) is 2.22. The number of aryl methyl sites for hydroxylation is 1. The molecule has 0 bridgehead atoms. The maximum Gasteiger partial charge on any atom is 0.338 e. The van der Waals surface area contributed by atoms with Gasteiger partial charge in [0.15, 0.2) is 0 Å². The molecule has 16 heavy (non-hydrogen) atoms. The Bertz CT molecular complexity index is 470. The van der Waals surface area contributed by atoms with Crippen molar-refractivity contribution in [1.82, 2.24) is 0 Å². The molecule has 1 aromatic rings. The second-order valence-corrected chi connectivity index (χ2v) is 3.97. The summed E-state index contributed by atoms with van der Waals surface area (Å²) in [7, 11) is 0. The van der Waals surface area contributed by atoms with Crippen molar-refractivity contribution >= 4 is 12.0 Å². The van der Waals surface area contributed by atoms with E-state index < -0.39 is 0 Å². The van der Waals surface area contributed by atoms with E-state index in [-0.39, 0.29) is 5.97 Å². The summed E-state index contributed by atoms with van der Waals surface area (Å²) < 4.78 is 5.17. The summed E-state index contributed by atoms with van der Waals surface area (Å²) in [4.78, 5) is 11.3. The predicted octanol–water partition coefficient (Wildman–Crippen LogP) is 3.13. The molecule has 0 radical (unpaired) electrons. The second-order valence-electron chi connectivity index (χ2n) is 3.97. The summed E-state index contributed by atoms with van der Waals surface area (Å²) in [6, 6.07) is 5.74. The number of carbonyl (C=O) groups is 1. The summed E-state index contributed by atoms with van der Waals surface area (Å²) in [6.45, 7) is 5.19. The summed E-state index contributed by atoms with van der Waals surface area (Å²) >= 11 is 0. The average molecular weight is 214 g/mol. The molecule has 0 saturated carbocycles. The molecule has 0 unspecified atom stereocenters. The van der Waals surface area contributed by atoms with Crippen molar-refractivity contribution in [2.45, 2.75) is 19.8 Å². The van der Waals surface area contributed by atoms with E-state index in [1.807, 2.05) is 18.2 Å². The third-order valence-electron chi connectivity index (χ3n) is 2.55. The molecule has 0 N–H and O–H groups in total. The van der Waals surface area contributed by atoms with Gasteiger partial charge in [-0.1, -0.05) is 24.8 Å². The molecule has 0 saturated heterocycles. The molecule has 1 aliphatic carbocycles. The molecule has 2 heteroatoms. The fraction of sp³-hybridized carbons (Fsp3) is 0.214. The van der Waals surface area contributed by atoms with Crippen molar-refractivity contribution in [3.05, 3.63) is 47.6 Å². The number of carbonyl (C=O) groups excluding carboxylic acids is 1. The summed E-state index contributed by atoms with van der Waals surface area (Å²) in [5, 5.41) is 0. The minimum atomic E-state index is -0.375. The molecule has 0 fully saturated rings. The van der Waals surface area contributed by atoms with E-state index >= 15 is 0 Å². The molecule has 0 heterocycles. The fourth-order valence-electron chi connectivity index (χ4n) is 1.66. The van der Waals surface area contributed by atoms with Crippen LogP contribution < -0.4 is 4.74 Å².